The fourth-order valence-corrected chi connectivity index (χ4v) is 3.60. The van der Waals surface area contributed by atoms with Crippen molar-refractivity contribution in [3.63, 3.8) is 0 Å². The van der Waals surface area contributed by atoms with E-state index in [9.17, 15) is 13.2 Å². The minimum absolute atomic E-state index is 0.0514. The van der Waals surface area contributed by atoms with Crippen molar-refractivity contribution in [2.75, 3.05) is 12.3 Å². The molecule has 23 heavy (non-hydrogen) atoms. The van der Waals surface area contributed by atoms with Gasteiger partial charge in [-0.15, -0.1) is 0 Å². The van der Waals surface area contributed by atoms with Crippen LogP contribution in [0, 0.1) is 0 Å². The molecule has 0 fully saturated rings. The summed E-state index contributed by atoms with van der Waals surface area (Å²) in [6, 6.07) is 8.32. The zero-order chi connectivity index (χ0) is 17.7. The number of nitrogens with one attached hydrogen (secondary N) is 1. The number of carbonyl (C=O) groups excluding carboxylic acids is 1. The molecule has 1 atom stereocenters. The van der Waals surface area contributed by atoms with E-state index in [2.05, 4.69) is 50.4 Å². The van der Waals surface area contributed by atoms with Gasteiger partial charge in [0.25, 0.3) is 0 Å². The molecule has 1 N–H and O–H groups in total. The quantitative estimate of drug-likeness (QED) is 0.831. The Morgan fingerprint density at radius 2 is 1.74 bits per heavy atom. The van der Waals surface area contributed by atoms with E-state index in [0.717, 1.165) is 5.56 Å². The average Bonchev–Trinajstić information content (AvgIpc) is 2.45. The molecule has 0 saturated carbocycles. The van der Waals surface area contributed by atoms with Gasteiger partial charge in [0.1, 0.15) is 5.25 Å². The Hall–Kier alpha value is -1.36. The molecular weight excluding hydrogens is 310 g/mol. The van der Waals surface area contributed by atoms with Crippen LogP contribution in [-0.2, 0) is 26.5 Å². The minimum Gasteiger partial charge on any atom is -0.355 e. The molecule has 1 aromatic carbocycles. The van der Waals surface area contributed by atoms with E-state index in [4.69, 9.17) is 0 Å². The van der Waals surface area contributed by atoms with Gasteiger partial charge < -0.3 is 5.32 Å². The van der Waals surface area contributed by atoms with Gasteiger partial charge in [0.2, 0.25) is 5.91 Å². The summed E-state index contributed by atoms with van der Waals surface area (Å²) < 4.78 is 23.8. The highest BCUT2D eigenvalue weighted by atomic mass is 32.2. The molecule has 1 amide bonds. The van der Waals surface area contributed by atoms with Crippen molar-refractivity contribution >= 4 is 15.7 Å². The standard InChI is InChI=1S/C18H29NO3S/c1-6-13-23(21,22)14(2)17(20)19-12-11-15-7-9-16(10-8-15)18(3,4)5/h7-10,14H,6,11-13H2,1-5H3,(H,19,20). The van der Waals surface area contributed by atoms with Crippen LogP contribution in [-0.4, -0.2) is 31.9 Å². The van der Waals surface area contributed by atoms with Crippen LogP contribution in [0.4, 0.5) is 0 Å². The van der Waals surface area contributed by atoms with E-state index in [1.165, 1.54) is 12.5 Å². The highest BCUT2D eigenvalue weighted by molar-refractivity contribution is 7.92. The molecule has 0 aromatic heterocycles. The van der Waals surface area contributed by atoms with Crippen molar-refractivity contribution in [1.29, 1.82) is 0 Å². The Morgan fingerprint density at radius 1 is 1.17 bits per heavy atom. The Bertz CT molecular complexity index is 613. The summed E-state index contributed by atoms with van der Waals surface area (Å²) in [7, 11) is -3.34. The van der Waals surface area contributed by atoms with Crippen molar-refractivity contribution in [3.8, 4) is 0 Å². The molecule has 1 unspecified atom stereocenters. The second-order valence-corrected chi connectivity index (χ2v) is 9.44. The Balaban J connectivity index is 2.52. The topological polar surface area (TPSA) is 63.2 Å². The van der Waals surface area contributed by atoms with Crippen LogP contribution in [0.15, 0.2) is 24.3 Å². The third-order valence-electron chi connectivity index (χ3n) is 3.93. The van der Waals surface area contributed by atoms with Crippen LogP contribution in [0.3, 0.4) is 0 Å². The Labute approximate surface area is 140 Å². The molecule has 1 aromatic rings. The smallest absolute Gasteiger partial charge is 0.238 e. The third-order valence-corrected chi connectivity index (χ3v) is 6.20. The normalized spacial score (nSPS) is 13.6. The van der Waals surface area contributed by atoms with Gasteiger partial charge in [0.05, 0.1) is 5.75 Å². The second kappa shape index (κ2) is 7.95. The zero-order valence-corrected chi connectivity index (χ0v) is 15.7. The van der Waals surface area contributed by atoms with Crippen molar-refractivity contribution < 1.29 is 13.2 Å². The molecule has 0 aliphatic rings. The van der Waals surface area contributed by atoms with Crippen LogP contribution in [0.2, 0.25) is 0 Å². The number of sulfone groups is 1. The van der Waals surface area contributed by atoms with Gasteiger partial charge in [-0.3, -0.25) is 4.79 Å². The molecule has 0 heterocycles. The highest BCUT2D eigenvalue weighted by Crippen LogP contribution is 2.22. The third kappa shape index (κ3) is 5.98. The number of carbonyl (C=O) groups is 1. The lowest BCUT2D eigenvalue weighted by Crippen LogP contribution is -2.39. The molecule has 130 valence electrons. The number of hydrogen-bond donors (Lipinski definition) is 1. The van der Waals surface area contributed by atoms with E-state index in [1.807, 2.05) is 0 Å². The van der Waals surface area contributed by atoms with E-state index in [1.54, 1.807) is 6.92 Å². The molecule has 0 radical (unpaired) electrons. The lowest BCUT2D eigenvalue weighted by molar-refractivity contribution is -0.120. The first-order valence-electron chi connectivity index (χ1n) is 8.16. The van der Waals surface area contributed by atoms with Gasteiger partial charge in [-0.05, 0) is 36.3 Å². The lowest BCUT2D eigenvalue weighted by Gasteiger charge is -2.19. The maximum absolute atomic E-state index is 12.0. The van der Waals surface area contributed by atoms with Gasteiger partial charge >= 0.3 is 0 Å². The SMILES string of the molecule is CCCS(=O)(=O)C(C)C(=O)NCCc1ccc(C(C)(C)C)cc1. The second-order valence-electron chi connectivity index (χ2n) is 7.00. The van der Waals surface area contributed by atoms with Crippen LogP contribution in [0.1, 0.15) is 52.2 Å². The minimum atomic E-state index is -3.34. The van der Waals surface area contributed by atoms with Gasteiger partial charge in [0.15, 0.2) is 9.84 Å². The first kappa shape index (κ1) is 19.7. The predicted molar refractivity (Wildman–Crippen MR) is 95.4 cm³/mol. The Kier molecular flexibility index (Phi) is 6.81. The molecule has 0 aliphatic heterocycles. The van der Waals surface area contributed by atoms with Crippen molar-refractivity contribution in [2.24, 2.45) is 0 Å². The average molecular weight is 340 g/mol. The number of benzene rings is 1. The fourth-order valence-electron chi connectivity index (χ4n) is 2.27. The molecule has 0 saturated heterocycles. The van der Waals surface area contributed by atoms with Crippen LogP contribution in [0.25, 0.3) is 0 Å². The number of amides is 1. The summed E-state index contributed by atoms with van der Waals surface area (Å²) in [4.78, 5) is 12.0. The van der Waals surface area contributed by atoms with Crippen LogP contribution < -0.4 is 5.32 Å². The summed E-state index contributed by atoms with van der Waals surface area (Å²) in [5, 5.41) is 1.74. The predicted octanol–water partition coefficient (Wildman–Crippen LogP) is 2.86. The van der Waals surface area contributed by atoms with Crippen LogP contribution >= 0.6 is 0 Å². The first-order chi connectivity index (χ1) is 10.6. The summed E-state index contributed by atoms with van der Waals surface area (Å²) >= 11 is 0. The van der Waals surface area contributed by atoms with Gasteiger partial charge in [-0.2, -0.15) is 0 Å². The van der Waals surface area contributed by atoms with Gasteiger partial charge in [-0.1, -0.05) is 52.0 Å². The number of hydrogen-bond acceptors (Lipinski definition) is 3. The van der Waals surface area contributed by atoms with E-state index in [0.29, 0.717) is 19.4 Å². The maximum atomic E-state index is 12.0. The van der Waals surface area contributed by atoms with E-state index in [-0.39, 0.29) is 11.2 Å². The van der Waals surface area contributed by atoms with E-state index >= 15 is 0 Å². The van der Waals surface area contributed by atoms with Crippen molar-refractivity contribution in [2.45, 2.75) is 58.1 Å². The largest absolute Gasteiger partial charge is 0.355 e. The summed E-state index contributed by atoms with van der Waals surface area (Å²) in [5.74, 6) is -0.361. The summed E-state index contributed by atoms with van der Waals surface area (Å²) in [5.41, 5.74) is 2.52. The van der Waals surface area contributed by atoms with Gasteiger partial charge in [0, 0.05) is 6.54 Å². The summed E-state index contributed by atoms with van der Waals surface area (Å²) in [6.45, 7) is 10.2. The van der Waals surface area contributed by atoms with Crippen molar-refractivity contribution in [3.05, 3.63) is 35.4 Å². The van der Waals surface area contributed by atoms with E-state index < -0.39 is 21.0 Å². The molecule has 1 rings (SSSR count). The summed E-state index contributed by atoms with van der Waals surface area (Å²) in [6.07, 6.45) is 1.22. The van der Waals surface area contributed by atoms with Gasteiger partial charge in [-0.25, -0.2) is 8.42 Å². The molecular formula is C18H29NO3S. The lowest BCUT2D eigenvalue weighted by atomic mass is 9.86. The monoisotopic (exact) mass is 339 g/mol. The number of rotatable bonds is 7. The molecule has 0 aliphatic carbocycles. The molecule has 4 nitrogen and oxygen atoms in total. The van der Waals surface area contributed by atoms with Crippen LogP contribution in [0.5, 0.6) is 0 Å². The first-order valence-corrected chi connectivity index (χ1v) is 9.88. The van der Waals surface area contributed by atoms with Crippen molar-refractivity contribution in [1.82, 2.24) is 5.32 Å². The molecule has 0 spiro atoms. The molecule has 0 bridgehead atoms. The zero-order valence-electron chi connectivity index (χ0n) is 14.8. The Morgan fingerprint density at radius 3 is 2.22 bits per heavy atom. The maximum Gasteiger partial charge on any atom is 0.238 e. The fraction of sp³-hybridized carbons (Fsp3) is 0.611. The highest BCUT2D eigenvalue weighted by Gasteiger charge is 2.26. The molecule has 5 heteroatoms.